The van der Waals surface area contributed by atoms with Crippen LogP contribution in [-0.4, -0.2) is 32.9 Å². The van der Waals surface area contributed by atoms with Crippen molar-refractivity contribution in [3.05, 3.63) is 0 Å². The topological polar surface area (TPSA) is 189 Å². The molecule has 0 bridgehead atoms. The van der Waals surface area contributed by atoms with E-state index in [1.165, 1.54) is 0 Å². The maximum Gasteiger partial charge on any atom is 3.00 e. The first-order chi connectivity index (χ1) is 0. The van der Waals surface area contributed by atoms with Crippen LogP contribution in [0.1, 0.15) is 0 Å². The fourth-order valence-electron chi connectivity index (χ4n) is 0. The molecule has 0 aromatic carbocycles. The van der Waals surface area contributed by atoms with E-state index < -0.39 is 0 Å². The molecule has 0 aliphatic heterocycles. The zero-order chi connectivity index (χ0) is 0. The fraction of sp³-hybridized carbons (Fsp3) is 0. The Morgan fingerprint density at radius 2 is 0.286 bits per heavy atom. The minimum atomic E-state index is 0. The molecule has 0 heterocycles. The summed E-state index contributed by atoms with van der Waals surface area (Å²) in [6.45, 7) is 0. The van der Waals surface area contributed by atoms with Gasteiger partial charge in [0, 0.05) is 0 Å². The first-order valence-electron chi connectivity index (χ1n) is 0. The van der Waals surface area contributed by atoms with Gasteiger partial charge in [-0.15, -0.1) is 0 Å². The third-order valence-electron chi connectivity index (χ3n) is 0. The van der Waals surface area contributed by atoms with E-state index >= 15 is 0 Å². The standard InChI is InChI=1S/6H2O.Y/h6*1H2;/q;;;;;;+3. The molecule has 7 heavy (non-hydrogen) atoms. The van der Waals surface area contributed by atoms with Crippen molar-refractivity contribution in [1.29, 1.82) is 0 Å². The van der Waals surface area contributed by atoms with E-state index in [1.807, 2.05) is 0 Å². The van der Waals surface area contributed by atoms with Gasteiger partial charge in [-0.25, -0.2) is 0 Å². The number of rotatable bonds is 0. The third-order valence-corrected chi connectivity index (χ3v) is 0. The third kappa shape index (κ3) is 218. The largest absolute Gasteiger partial charge is 3.00 e. The van der Waals surface area contributed by atoms with E-state index in [4.69, 9.17) is 0 Å². The smallest absolute Gasteiger partial charge is 0.412 e. The van der Waals surface area contributed by atoms with Gasteiger partial charge in [-0.05, 0) is 0 Å². The fourth-order valence-corrected chi connectivity index (χ4v) is 0. The van der Waals surface area contributed by atoms with Gasteiger partial charge in [0.05, 0.1) is 0 Å². The molecular weight excluding hydrogens is 185 g/mol. The second-order valence-corrected chi connectivity index (χ2v) is 0. The molecule has 0 unspecified atom stereocenters. The van der Waals surface area contributed by atoms with Crippen molar-refractivity contribution < 1.29 is 65.6 Å². The Hall–Kier alpha value is 0.864. The van der Waals surface area contributed by atoms with E-state index in [0.29, 0.717) is 0 Å². The minimum absolute atomic E-state index is 0. The van der Waals surface area contributed by atoms with E-state index in [2.05, 4.69) is 0 Å². The summed E-state index contributed by atoms with van der Waals surface area (Å²) in [5.74, 6) is 0. The molecule has 0 aromatic rings. The molecule has 0 rings (SSSR count). The monoisotopic (exact) mass is 197 g/mol. The van der Waals surface area contributed by atoms with Gasteiger partial charge < -0.3 is 32.9 Å². The van der Waals surface area contributed by atoms with Gasteiger partial charge in [0.1, 0.15) is 0 Å². The Balaban J connectivity index is 0. The number of hydrogen-bond donors (Lipinski definition) is 0. The first kappa shape index (κ1) is 496. The van der Waals surface area contributed by atoms with Crippen LogP contribution in [0.4, 0.5) is 0 Å². The quantitative estimate of drug-likeness (QED) is 0.359. The molecule has 12 N–H and O–H groups in total. The van der Waals surface area contributed by atoms with Gasteiger partial charge in [-0.3, -0.25) is 0 Å². The summed E-state index contributed by atoms with van der Waals surface area (Å²) >= 11 is 0. The van der Waals surface area contributed by atoms with Crippen LogP contribution in [0.15, 0.2) is 0 Å². The van der Waals surface area contributed by atoms with Crippen molar-refractivity contribution in [2.75, 3.05) is 0 Å². The van der Waals surface area contributed by atoms with E-state index in [-0.39, 0.29) is 65.6 Å². The molecule has 0 aliphatic carbocycles. The van der Waals surface area contributed by atoms with Crippen LogP contribution in [0, 0.1) is 0 Å². The van der Waals surface area contributed by atoms with Crippen molar-refractivity contribution in [3.63, 3.8) is 0 Å². The molecule has 0 fully saturated rings. The van der Waals surface area contributed by atoms with Crippen LogP contribution >= 0.6 is 0 Å². The maximum absolute atomic E-state index is 0. The summed E-state index contributed by atoms with van der Waals surface area (Å²) in [7, 11) is 0. The molecule has 6 nitrogen and oxygen atoms in total. The van der Waals surface area contributed by atoms with Crippen molar-refractivity contribution >= 4 is 0 Å². The molecule has 0 aromatic heterocycles. The molecule has 0 saturated heterocycles. The van der Waals surface area contributed by atoms with Crippen LogP contribution in [0.3, 0.4) is 0 Å². The molecule has 0 aliphatic rings. The maximum atomic E-state index is 0. The van der Waals surface area contributed by atoms with Crippen LogP contribution in [-0.2, 0) is 32.7 Å². The average Bonchev–Trinajstić information content (AvgIpc) is 0. The summed E-state index contributed by atoms with van der Waals surface area (Å²) < 4.78 is 0. The van der Waals surface area contributed by atoms with Gasteiger partial charge in [-0.1, -0.05) is 0 Å². The molecule has 7 heteroatoms. The molecule has 48 valence electrons. The van der Waals surface area contributed by atoms with Crippen molar-refractivity contribution in [3.8, 4) is 0 Å². The van der Waals surface area contributed by atoms with Gasteiger partial charge >= 0.3 is 32.7 Å². The Bertz CT molecular complexity index is 4.14. The summed E-state index contributed by atoms with van der Waals surface area (Å²) in [4.78, 5) is 0. The predicted molar refractivity (Wildman–Crippen MR) is 21.7 cm³/mol. The van der Waals surface area contributed by atoms with Crippen LogP contribution in [0.25, 0.3) is 0 Å². The van der Waals surface area contributed by atoms with E-state index in [1.54, 1.807) is 0 Å². The second kappa shape index (κ2) is 316. The molecule has 0 atom stereocenters. The van der Waals surface area contributed by atoms with Gasteiger partial charge in [0.25, 0.3) is 0 Å². The van der Waals surface area contributed by atoms with E-state index in [9.17, 15) is 0 Å². The molecule has 0 amide bonds. The molecule has 0 radical (unpaired) electrons. The Labute approximate surface area is 65.6 Å². The van der Waals surface area contributed by atoms with Gasteiger partial charge in [-0.2, -0.15) is 0 Å². The van der Waals surface area contributed by atoms with Crippen LogP contribution in [0.2, 0.25) is 0 Å². The predicted octanol–water partition coefficient (Wildman–Crippen LogP) is -4.95. The Morgan fingerprint density at radius 1 is 0.286 bits per heavy atom. The number of hydrogen-bond acceptors (Lipinski definition) is 0. The van der Waals surface area contributed by atoms with E-state index in [0.717, 1.165) is 0 Å². The van der Waals surface area contributed by atoms with Crippen molar-refractivity contribution in [2.24, 2.45) is 0 Å². The SMILES string of the molecule is O.O.O.O.O.O.[Y+3]. The molecule has 0 spiro atoms. The Kier molecular flexibility index (Phi) is 22400. The van der Waals surface area contributed by atoms with Crippen molar-refractivity contribution in [2.45, 2.75) is 0 Å². The van der Waals surface area contributed by atoms with Gasteiger partial charge in [0.2, 0.25) is 0 Å². The minimum Gasteiger partial charge on any atom is -0.412 e. The van der Waals surface area contributed by atoms with Crippen LogP contribution < -0.4 is 0 Å². The second-order valence-electron chi connectivity index (χ2n) is 0. The van der Waals surface area contributed by atoms with Crippen molar-refractivity contribution in [1.82, 2.24) is 0 Å². The summed E-state index contributed by atoms with van der Waals surface area (Å²) in [5, 5.41) is 0. The summed E-state index contributed by atoms with van der Waals surface area (Å²) in [6.07, 6.45) is 0. The normalized spacial score (nSPS) is 0. The first-order valence-corrected chi connectivity index (χ1v) is 0. The average molecular weight is 197 g/mol. The van der Waals surface area contributed by atoms with Gasteiger partial charge in [0.15, 0.2) is 0 Å². The zero-order valence-electron chi connectivity index (χ0n) is 3.58. The summed E-state index contributed by atoms with van der Waals surface area (Å²) in [5.41, 5.74) is 0. The summed E-state index contributed by atoms with van der Waals surface area (Å²) in [6, 6.07) is 0. The molecular formula is H12O6Y+3. The van der Waals surface area contributed by atoms with Crippen LogP contribution in [0.5, 0.6) is 0 Å². The Morgan fingerprint density at radius 3 is 0.286 bits per heavy atom. The zero-order valence-corrected chi connectivity index (χ0v) is 6.42. The molecule has 0 saturated carbocycles.